The van der Waals surface area contributed by atoms with Gasteiger partial charge in [0.2, 0.25) is 0 Å². The zero-order chi connectivity index (χ0) is 10.4. The van der Waals surface area contributed by atoms with Gasteiger partial charge in [-0.3, -0.25) is 4.99 Å². The zero-order valence-corrected chi connectivity index (χ0v) is 10.2. The normalized spacial score (nSPS) is 16.3. The summed E-state index contributed by atoms with van der Waals surface area (Å²) in [5.41, 5.74) is 0. The number of hydrogen-bond donors (Lipinski definition) is 1. The van der Waals surface area contributed by atoms with Gasteiger partial charge in [-0.05, 0) is 11.7 Å². The van der Waals surface area contributed by atoms with Crippen molar-refractivity contribution in [3.05, 3.63) is 0 Å². The molecular formula is C10H21N3S. The zero-order valence-electron chi connectivity index (χ0n) is 9.42. The highest BCUT2D eigenvalue weighted by Gasteiger charge is 2.10. The highest BCUT2D eigenvalue weighted by Crippen LogP contribution is 2.06. The molecule has 4 heteroatoms. The fourth-order valence-electron chi connectivity index (χ4n) is 1.28. The lowest BCUT2D eigenvalue weighted by molar-refractivity contribution is 0.537. The van der Waals surface area contributed by atoms with E-state index in [1.54, 1.807) is 0 Å². The van der Waals surface area contributed by atoms with E-state index in [1.165, 1.54) is 11.5 Å². The van der Waals surface area contributed by atoms with Crippen LogP contribution in [0.3, 0.4) is 0 Å². The summed E-state index contributed by atoms with van der Waals surface area (Å²) in [7, 11) is 2.08. The van der Waals surface area contributed by atoms with Crippen LogP contribution in [0.5, 0.6) is 0 Å². The number of nitrogens with zero attached hydrogens (tertiary/aromatic N) is 2. The third kappa shape index (κ3) is 4.22. The van der Waals surface area contributed by atoms with Gasteiger partial charge in [-0.15, -0.1) is 0 Å². The minimum absolute atomic E-state index is 0.798. The van der Waals surface area contributed by atoms with Gasteiger partial charge in [0, 0.05) is 25.9 Å². The molecule has 0 spiro atoms. The van der Waals surface area contributed by atoms with E-state index in [4.69, 9.17) is 0 Å². The molecule has 0 unspecified atom stereocenters. The predicted octanol–water partition coefficient (Wildman–Crippen LogP) is 1.27. The Labute approximate surface area is 91.3 Å². The van der Waals surface area contributed by atoms with Gasteiger partial charge in [0.25, 0.3) is 0 Å². The second-order valence-electron chi connectivity index (χ2n) is 4.02. The van der Waals surface area contributed by atoms with Crippen LogP contribution in [0, 0.1) is 5.92 Å². The number of guanidine groups is 1. The van der Waals surface area contributed by atoms with E-state index < -0.39 is 0 Å². The minimum Gasteiger partial charge on any atom is -0.355 e. The lowest BCUT2D eigenvalue weighted by Gasteiger charge is -2.15. The molecule has 1 heterocycles. The van der Waals surface area contributed by atoms with Crippen molar-refractivity contribution in [2.24, 2.45) is 10.9 Å². The Morgan fingerprint density at radius 3 is 2.93 bits per heavy atom. The number of likely N-dealkylation sites (N-methyl/N-ethyl adjacent to an activating group) is 1. The van der Waals surface area contributed by atoms with Crippen LogP contribution in [-0.2, 0) is 0 Å². The van der Waals surface area contributed by atoms with E-state index in [1.807, 2.05) is 11.8 Å². The van der Waals surface area contributed by atoms with Gasteiger partial charge in [0.15, 0.2) is 5.96 Å². The SMILES string of the molecule is CC(C)CSCCNC1=NCCN1C. The van der Waals surface area contributed by atoms with Gasteiger partial charge < -0.3 is 10.2 Å². The summed E-state index contributed by atoms with van der Waals surface area (Å²) in [6.07, 6.45) is 0. The van der Waals surface area contributed by atoms with Crippen molar-refractivity contribution in [2.75, 3.05) is 38.2 Å². The molecule has 0 amide bonds. The molecule has 1 aliphatic rings. The van der Waals surface area contributed by atoms with E-state index in [2.05, 4.69) is 36.1 Å². The molecule has 14 heavy (non-hydrogen) atoms. The maximum atomic E-state index is 4.37. The van der Waals surface area contributed by atoms with Gasteiger partial charge in [-0.1, -0.05) is 13.8 Å². The van der Waals surface area contributed by atoms with Gasteiger partial charge >= 0.3 is 0 Å². The minimum atomic E-state index is 0.798. The molecule has 82 valence electrons. The van der Waals surface area contributed by atoms with Crippen LogP contribution in [0.25, 0.3) is 0 Å². The van der Waals surface area contributed by atoms with Crippen molar-refractivity contribution in [3.63, 3.8) is 0 Å². The molecule has 0 bridgehead atoms. The lowest BCUT2D eigenvalue weighted by atomic mass is 10.3. The topological polar surface area (TPSA) is 27.6 Å². The number of nitrogens with one attached hydrogen (secondary N) is 1. The Hall–Kier alpha value is -0.380. The molecule has 1 rings (SSSR count). The molecule has 3 nitrogen and oxygen atoms in total. The quantitative estimate of drug-likeness (QED) is 0.700. The Kier molecular flexibility index (Phi) is 5.15. The van der Waals surface area contributed by atoms with Gasteiger partial charge in [0.1, 0.15) is 0 Å². The summed E-state index contributed by atoms with van der Waals surface area (Å²) in [6.45, 7) is 7.55. The van der Waals surface area contributed by atoms with Gasteiger partial charge in [-0.25, -0.2) is 0 Å². The summed E-state index contributed by atoms with van der Waals surface area (Å²) >= 11 is 2.01. The Morgan fingerprint density at radius 2 is 2.36 bits per heavy atom. The molecule has 0 saturated heterocycles. The summed E-state index contributed by atoms with van der Waals surface area (Å²) in [5.74, 6) is 4.29. The van der Waals surface area contributed by atoms with Crippen LogP contribution in [0.4, 0.5) is 0 Å². The summed E-state index contributed by atoms with van der Waals surface area (Å²) in [6, 6.07) is 0. The molecule has 0 aromatic carbocycles. The lowest BCUT2D eigenvalue weighted by Crippen LogP contribution is -2.36. The first-order valence-electron chi connectivity index (χ1n) is 5.27. The molecular weight excluding hydrogens is 194 g/mol. The van der Waals surface area contributed by atoms with Crippen LogP contribution < -0.4 is 5.32 Å². The van der Waals surface area contributed by atoms with Crippen molar-refractivity contribution < 1.29 is 0 Å². The number of aliphatic imine (C=N–C) groups is 1. The third-order valence-electron chi connectivity index (χ3n) is 2.04. The standard InChI is InChI=1S/C10H21N3S/c1-9(2)8-14-7-5-12-10-11-4-6-13(10)3/h9H,4-8H2,1-3H3,(H,11,12). The van der Waals surface area contributed by atoms with Crippen molar-refractivity contribution in [1.82, 2.24) is 10.2 Å². The first kappa shape index (κ1) is 11.7. The van der Waals surface area contributed by atoms with Crippen LogP contribution in [-0.4, -0.2) is 49.0 Å². The second-order valence-corrected chi connectivity index (χ2v) is 5.17. The number of thioether (sulfide) groups is 1. The van der Waals surface area contributed by atoms with E-state index >= 15 is 0 Å². The van der Waals surface area contributed by atoms with Crippen LogP contribution in [0.15, 0.2) is 4.99 Å². The van der Waals surface area contributed by atoms with Crippen molar-refractivity contribution in [1.29, 1.82) is 0 Å². The molecule has 0 fully saturated rings. The maximum absolute atomic E-state index is 4.37. The first-order valence-corrected chi connectivity index (χ1v) is 6.43. The first-order chi connectivity index (χ1) is 6.70. The largest absolute Gasteiger partial charge is 0.355 e. The van der Waals surface area contributed by atoms with E-state index in [0.29, 0.717) is 0 Å². The van der Waals surface area contributed by atoms with Gasteiger partial charge in [0.05, 0.1) is 6.54 Å². The van der Waals surface area contributed by atoms with Gasteiger partial charge in [-0.2, -0.15) is 11.8 Å². The molecule has 0 aliphatic carbocycles. The average molecular weight is 215 g/mol. The monoisotopic (exact) mass is 215 g/mol. The Balaban J connectivity index is 1.99. The average Bonchev–Trinajstić information content (AvgIpc) is 2.51. The summed E-state index contributed by atoms with van der Waals surface area (Å²) < 4.78 is 0. The Bertz CT molecular complexity index is 192. The molecule has 1 N–H and O–H groups in total. The summed E-state index contributed by atoms with van der Waals surface area (Å²) in [4.78, 5) is 6.55. The molecule has 0 aromatic rings. The molecule has 0 radical (unpaired) electrons. The van der Waals surface area contributed by atoms with Crippen molar-refractivity contribution in [2.45, 2.75) is 13.8 Å². The molecule has 0 aromatic heterocycles. The highest BCUT2D eigenvalue weighted by atomic mass is 32.2. The Morgan fingerprint density at radius 1 is 1.57 bits per heavy atom. The molecule has 0 saturated carbocycles. The van der Waals surface area contributed by atoms with E-state index in [9.17, 15) is 0 Å². The van der Waals surface area contributed by atoms with Crippen LogP contribution >= 0.6 is 11.8 Å². The number of hydrogen-bond acceptors (Lipinski definition) is 4. The maximum Gasteiger partial charge on any atom is 0.193 e. The van der Waals surface area contributed by atoms with E-state index in [-0.39, 0.29) is 0 Å². The third-order valence-corrected chi connectivity index (χ3v) is 3.43. The fourth-order valence-corrected chi connectivity index (χ4v) is 2.16. The van der Waals surface area contributed by atoms with Crippen molar-refractivity contribution in [3.8, 4) is 0 Å². The summed E-state index contributed by atoms with van der Waals surface area (Å²) in [5, 5.41) is 3.36. The predicted molar refractivity (Wildman–Crippen MR) is 65.1 cm³/mol. The smallest absolute Gasteiger partial charge is 0.193 e. The van der Waals surface area contributed by atoms with E-state index in [0.717, 1.165) is 31.5 Å². The van der Waals surface area contributed by atoms with Crippen LogP contribution in [0.2, 0.25) is 0 Å². The fraction of sp³-hybridized carbons (Fsp3) is 0.900. The highest BCUT2D eigenvalue weighted by molar-refractivity contribution is 7.99. The van der Waals surface area contributed by atoms with Crippen LogP contribution in [0.1, 0.15) is 13.8 Å². The molecule has 1 aliphatic heterocycles. The molecule has 0 atom stereocenters. The second kappa shape index (κ2) is 6.17. The van der Waals surface area contributed by atoms with Crippen molar-refractivity contribution >= 4 is 17.7 Å². The number of rotatable bonds is 5.